The first kappa shape index (κ1) is 14.7. The van der Waals surface area contributed by atoms with Crippen molar-refractivity contribution in [2.24, 2.45) is 0 Å². The van der Waals surface area contributed by atoms with Gasteiger partial charge in [0.15, 0.2) is 0 Å². The lowest BCUT2D eigenvalue weighted by Gasteiger charge is -2.26. The second kappa shape index (κ2) is 7.14. The van der Waals surface area contributed by atoms with Crippen LogP contribution in [0.5, 0.6) is 0 Å². The Bertz CT molecular complexity index is 226. The lowest BCUT2D eigenvalue weighted by atomic mass is 10.0. The molecule has 3 nitrogen and oxygen atoms in total. The first-order chi connectivity index (χ1) is 8.13. The zero-order chi connectivity index (χ0) is 12.7. The van der Waals surface area contributed by atoms with Crippen LogP contribution in [-0.2, 0) is 14.2 Å². The van der Waals surface area contributed by atoms with E-state index in [0.29, 0.717) is 6.10 Å². The van der Waals surface area contributed by atoms with E-state index in [4.69, 9.17) is 14.2 Å². The molecule has 0 radical (unpaired) electrons. The molecule has 17 heavy (non-hydrogen) atoms. The molecule has 0 saturated carbocycles. The highest BCUT2D eigenvalue weighted by Gasteiger charge is 2.24. The van der Waals surface area contributed by atoms with Gasteiger partial charge in [0.1, 0.15) is 6.10 Å². The lowest BCUT2D eigenvalue weighted by Crippen LogP contribution is -2.27. The maximum atomic E-state index is 5.85. The Hall–Kier alpha value is -0.380. The van der Waals surface area contributed by atoms with Crippen LogP contribution < -0.4 is 0 Å². The van der Waals surface area contributed by atoms with E-state index in [9.17, 15) is 0 Å². The number of epoxide rings is 1. The van der Waals surface area contributed by atoms with Crippen LogP contribution in [0.1, 0.15) is 40.0 Å². The average Bonchev–Trinajstić information content (AvgIpc) is 3.17. The molecule has 1 fully saturated rings. The van der Waals surface area contributed by atoms with Gasteiger partial charge in [-0.3, -0.25) is 0 Å². The van der Waals surface area contributed by atoms with E-state index in [2.05, 4.69) is 27.4 Å². The zero-order valence-electron chi connectivity index (χ0n) is 11.4. The molecule has 0 amide bonds. The summed E-state index contributed by atoms with van der Waals surface area (Å²) in [7, 11) is 0. The van der Waals surface area contributed by atoms with Gasteiger partial charge in [0, 0.05) is 0 Å². The van der Waals surface area contributed by atoms with Crippen LogP contribution >= 0.6 is 0 Å². The van der Waals surface area contributed by atoms with E-state index < -0.39 is 0 Å². The largest absolute Gasteiger partial charge is 0.375 e. The van der Waals surface area contributed by atoms with E-state index in [1.807, 2.05) is 6.08 Å². The van der Waals surface area contributed by atoms with E-state index >= 15 is 0 Å². The number of hydrogen-bond acceptors (Lipinski definition) is 3. The second-order valence-corrected chi connectivity index (χ2v) is 4.83. The molecule has 0 aromatic carbocycles. The van der Waals surface area contributed by atoms with Crippen molar-refractivity contribution in [2.45, 2.75) is 57.8 Å². The predicted molar refractivity (Wildman–Crippen MR) is 69.2 cm³/mol. The fraction of sp³-hybridized carbons (Fsp3) is 0.857. The highest BCUT2D eigenvalue weighted by atomic mass is 16.6. The van der Waals surface area contributed by atoms with Crippen LogP contribution in [0.15, 0.2) is 12.7 Å². The molecule has 100 valence electrons. The van der Waals surface area contributed by atoms with E-state index in [1.54, 1.807) is 0 Å². The third-order valence-electron chi connectivity index (χ3n) is 3.38. The fourth-order valence-corrected chi connectivity index (χ4v) is 1.54. The van der Waals surface area contributed by atoms with Crippen LogP contribution in [-0.4, -0.2) is 37.6 Å². The lowest BCUT2D eigenvalue weighted by molar-refractivity contribution is -0.0314. The number of ether oxygens (including phenoxy) is 3. The summed E-state index contributed by atoms with van der Waals surface area (Å²) < 4.78 is 16.7. The summed E-state index contributed by atoms with van der Waals surface area (Å²) in [6.07, 6.45) is 5.42. The van der Waals surface area contributed by atoms with Crippen LogP contribution in [0.2, 0.25) is 0 Å². The van der Waals surface area contributed by atoms with Gasteiger partial charge >= 0.3 is 0 Å². The highest BCUT2D eigenvalue weighted by molar-refractivity contribution is 4.92. The molecule has 0 spiro atoms. The van der Waals surface area contributed by atoms with Gasteiger partial charge in [-0.05, 0) is 26.2 Å². The van der Waals surface area contributed by atoms with Crippen molar-refractivity contribution in [1.82, 2.24) is 0 Å². The highest BCUT2D eigenvalue weighted by Crippen LogP contribution is 2.18. The van der Waals surface area contributed by atoms with Gasteiger partial charge in [-0.2, -0.15) is 0 Å². The summed E-state index contributed by atoms with van der Waals surface area (Å²) in [6.45, 7) is 12.4. The van der Waals surface area contributed by atoms with Crippen LogP contribution in [0.4, 0.5) is 0 Å². The Morgan fingerprint density at radius 2 is 2.24 bits per heavy atom. The Morgan fingerprint density at radius 3 is 2.71 bits per heavy atom. The van der Waals surface area contributed by atoms with Crippen LogP contribution in [0, 0.1) is 0 Å². The van der Waals surface area contributed by atoms with Crippen molar-refractivity contribution in [3.8, 4) is 0 Å². The fourth-order valence-electron chi connectivity index (χ4n) is 1.54. The third-order valence-corrected chi connectivity index (χ3v) is 3.38. The molecule has 3 unspecified atom stereocenters. The minimum Gasteiger partial charge on any atom is -0.375 e. The number of hydrogen-bond donors (Lipinski definition) is 0. The molecule has 3 heteroatoms. The first-order valence-electron chi connectivity index (χ1n) is 6.64. The molecule has 0 aliphatic carbocycles. The van der Waals surface area contributed by atoms with Crippen molar-refractivity contribution in [2.75, 3.05) is 19.8 Å². The minimum absolute atomic E-state index is 0.197. The minimum atomic E-state index is -0.197. The van der Waals surface area contributed by atoms with Gasteiger partial charge in [-0.1, -0.05) is 19.9 Å². The van der Waals surface area contributed by atoms with E-state index in [1.165, 1.54) is 0 Å². The topological polar surface area (TPSA) is 31.0 Å². The number of rotatable bonds is 10. The van der Waals surface area contributed by atoms with Gasteiger partial charge in [0.05, 0.1) is 31.5 Å². The molecule has 1 aliphatic heterocycles. The molecule has 3 atom stereocenters. The summed E-state index contributed by atoms with van der Waals surface area (Å²) in [5.74, 6) is 0. The first-order valence-corrected chi connectivity index (χ1v) is 6.64. The predicted octanol–water partition coefficient (Wildman–Crippen LogP) is 2.94. The Kier molecular flexibility index (Phi) is 6.17. The van der Waals surface area contributed by atoms with Gasteiger partial charge in [-0.25, -0.2) is 0 Å². The van der Waals surface area contributed by atoms with Crippen LogP contribution in [0.25, 0.3) is 0 Å². The van der Waals surface area contributed by atoms with Gasteiger partial charge in [-0.15, -0.1) is 6.58 Å². The summed E-state index contributed by atoms with van der Waals surface area (Å²) in [4.78, 5) is 0. The Labute approximate surface area is 105 Å². The molecule has 0 bridgehead atoms. The van der Waals surface area contributed by atoms with Crippen molar-refractivity contribution in [1.29, 1.82) is 0 Å². The van der Waals surface area contributed by atoms with Crippen LogP contribution in [0.3, 0.4) is 0 Å². The molecule has 1 saturated heterocycles. The summed E-state index contributed by atoms with van der Waals surface area (Å²) >= 11 is 0. The van der Waals surface area contributed by atoms with Crippen molar-refractivity contribution < 1.29 is 14.2 Å². The molecular formula is C14H26O3. The molecule has 0 N–H and O–H groups in total. The molecular weight excluding hydrogens is 216 g/mol. The third kappa shape index (κ3) is 5.66. The van der Waals surface area contributed by atoms with Gasteiger partial charge in [0.2, 0.25) is 0 Å². The van der Waals surface area contributed by atoms with Crippen molar-refractivity contribution in [3.05, 3.63) is 12.7 Å². The Morgan fingerprint density at radius 1 is 1.53 bits per heavy atom. The summed E-state index contributed by atoms with van der Waals surface area (Å²) in [6, 6.07) is 0. The molecule has 1 heterocycles. The van der Waals surface area contributed by atoms with E-state index in [0.717, 1.165) is 39.1 Å². The monoisotopic (exact) mass is 242 g/mol. The Balaban J connectivity index is 2.14. The van der Waals surface area contributed by atoms with Gasteiger partial charge < -0.3 is 14.2 Å². The molecule has 1 aliphatic rings. The molecule has 1 rings (SSSR count). The van der Waals surface area contributed by atoms with Crippen molar-refractivity contribution >= 4 is 0 Å². The summed E-state index contributed by atoms with van der Waals surface area (Å²) in [5, 5.41) is 0. The quantitative estimate of drug-likeness (QED) is 0.436. The maximum absolute atomic E-state index is 5.85. The zero-order valence-corrected chi connectivity index (χ0v) is 11.4. The summed E-state index contributed by atoms with van der Waals surface area (Å²) in [5.41, 5.74) is -0.197. The molecule has 0 aromatic rings. The maximum Gasteiger partial charge on any atom is 0.104 e. The SMILES string of the molecule is C=CC(C)(CC)OCCC(CC)OCC1CO1. The van der Waals surface area contributed by atoms with Crippen molar-refractivity contribution in [3.63, 3.8) is 0 Å². The second-order valence-electron chi connectivity index (χ2n) is 4.83. The molecule has 0 aromatic heterocycles. The normalized spacial score (nSPS) is 24.1. The standard InChI is InChI=1S/C14H26O3/c1-5-12(15-10-13-11-16-13)8-9-17-14(4,6-2)7-3/h6,12-13H,2,5,7-11H2,1,3-4H3. The van der Waals surface area contributed by atoms with Gasteiger partial charge in [0.25, 0.3) is 0 Å². The van der Waals surface area contributed by atoms with E-state index in [-0.39, 0.29) is 11.7 Å². The smallest absolute Gasteiger partial charge is 0.104 e. The average molecular weight is 242 g/mol.